The van der Waals surface area contributed by atoms with E-state index in [0.717, 1.165) is 6.07 Å². The van der Waals surface area contributed by atoms with E-state index in [1.54, 1.807) is 24.3 Å². The number of halogens is 1. The van der Waals surface area contributed by atoms with Crippen LogP contribution in [0.4, 0.5) is 0 Å². The van der Waals surface area contributed by atoms with Crippen LogP contribution in [-0.4, -0.2) is 46.2 Å². The number of aliphatic hydroxyl groups excluding tert-OH is 1. The Balaban J connectivity index is 2.03. The average Bonchev–Trinajstić information content (AvgIpc) is 2.95. The molecular formula is C21H20ClNO6. The number of quaternary nitrogens is 1. The normalized spacial score (nSPS) is 24.3. The lowest BCUT2D eigenvalue weighted by Crippen LogP contribution is -2.46. The van der Waals surface area contributed by atoms with Gasteiger partial charge >= 0.3 is 0 Å². The quantitative estimate of drug-likeness (QED) is 0.445. The lowest BCUT2D eigenvalue weighted by atomic mass is 9.89. The molecule has 7 nitrogen and oxygen atoms in total. The van der Waals surface area contributed by atoms with Crippen LogP contribution in [0.1, 0.15) is 17.9 Å². The van der Waals surface area contributed by atoms with Gasteiger partial charge in [-0.25, -0.2) is 0 Å². The number of hydrogen-bond donors (Lipinski definition) is 3. The number of hydrogen-bond acceptors (Lipinski definition) is 6. The van der Waals surface area contributed by atoms with Gasteiger partial charge in [-0.05, 0) is 12.1 Å². The first kappa shape index (κ1) is 19.7. The van der Waals surface area contributed by atoms with E-state index >= 15 is 0 Å². The summed E-state index contributed by atoms with van der Waals surface area (Å²) in [4.78, 5) is 12.8. The van der Waals surface area contributed by atoms with E-state index in [4.69, 9.17) is 16.0 Å². The fraction of sp³-hybridized carbons (Fsp3) is 0.286. The van der Waals surface area contributed by atoms with Crippen LogP contribution in [0.15, 0.2) is 45.6 Å². The van der Waals surface area contributed by atoms with Crippen molar-refractivity contribution in [3.05, 3.63) is 62.4 Å². The van der Waals surface area contributed by atoms with E-state index in [1.165, 1.54) is 13.1 Å². The minimum Gasteiger partial charge on any atom is -0.633 e. The van der Waals surface area contributed by atoms with Crippen molar-refractivity contribution in [1.82, 2.24) is 0 Å². The van der Waals surface area contributed by atoms with Gasteiger partial charge in [-0.3, -0.25) is 4.79 Å². The summed E-state index contributed by atoms with van der Waals surface area (Å²) >= 11 is 6.24. The number of rotatable bonds is 3. The first-order chi connectivity index (χ1) is 13.7. The molecule has 0 radical (unpaired) electrons. The molecule has 1 fully saturated rings. The van der Waals surface area contributed by atoms with Crippen LogP contribution in [0, 0.1) is 5.21 Å². The van der Waals surface area contributed by atoms with Crippen LogP contribution in [-0.2, 0) is 0 Å². The third-order valence-corrected chi connectivity index (χ3v) is 6.07. The van der Waals surface area contributed by atoms with Gasteiger partial charge in [0.1, 0.15) is 34.3 Å². The molecule has 0 amide bonds. The highest BCUT2D eigenvalue weighted by Crippen LogP contribution is 2.46. The Morgan fingerprint density at radius 3 is 2.66 bits per heavy atom. The number of aliphatic hydroxyl groups is 1. The van der Waals surface area contributed by atoms with Gasteiger partial charge in [0.15, 0.2) is 5.43 Å². The highest BCUT2D eigenvalue weighted by Gasteiger charge is 2.43. The fourth-order valence-electron chi connectivity index (χ4n) is 4.24. The van der Waals surface area contributed by atoms with Gasteiger partial charge in [0.25, 0.3) is 0 Å². The molecule has 1 aliphatic rings. The monoisotopic (exact) mass is 417 g/mol. The topological polar surface area (TPSA) is 114 Å². The molecule has 1 aliphatic heterocycles. The molecule has 2 aromatic carbocycles. The summed E-state index contributed by atoms with van der Waals surface area (Å²) in [5.74, 6) is -1.08. The molecule has 3 unspecified atom stereocenters. The minimum atomic E-state index is -0.733. The van der Waals surface area contributed by atoms with Crippen molar-refractivity contribution in [2.75, 3.05) is 20.2 Å². The van der Waals surface area contributed by atoms with Gasteiger partial charge < -0.3 is 29.6 Å². The summed E-state index contributed by atoms with van der Waals surface area (Å²) in [5, 5.41) is 43.7. The van der Waals surface area contributed by atoms with E-state index in [2.05, 4.69) is 0 Å². The molecule has 1 saturated heterocycles. The largest absolute Gasteiger partial charge is 0.633 e. The average molecular weight is 418 g/mol. The number of benzene rings is 2. The molecule has 4 rings (SSSR count). The van der Waals surface area contributed by atoms with E-state index in [0.29, 0.717) is 17.0 Å². The second kappa shape index (κ2) is 7.03. The number of phenols is 2. The third-order valence-electron chi connectivity index (χ3n) is 5.75. The van der Waals surface area contributed by atoms with Crippen molar-refractivity contribution in [2.24, 2.45) is 0 Å². The number of fused-ring (bicyclic) bond motifs is 1. The van der Waals surface area contributed by atoms with E-state index < -0.39 is 27.8 Å². The van der Waals surface area contributed by atoms with Crippen molar-refractivity contribution in [2.45, 2.75) is 18.4 Å². The van der Waals surface area contributed by atoms with Crippen LogP contribution < -0.4 is 5.43 Å². The van der Waals surface area contributed by atoms with Crippen molar-refractivity contribution in [1.29, 1.82) is 0 Å². The van der Waals surface area contributed by atoms with E-state index in [1.807, 2.05) is 0 Å². The Morgan fingerprint density at radius 2 is 1.97 bits per heavy atom. The number of phenolic OH excluding ortho intramolecular Hbond substituents is 2. The zero-order valence-electron chi connectivity index (χ0n) is 15.6. The smallest absolute Gasteiger partial charge is 0.197 e. The van der Waals surface area contributed by atoms with Gasteiger partial charge in [0.2, 0.25) is 0 Å². The predicted octanol–water partition coefficient (Wildman–Crippen LogP) is 3.32. The first-order valence-corrected chi connectivity index (χ1v) is 9.57. The van der Waals surface area contributed by atoms with E-state index in [9.17, 15) is 25.3 Å². The number of likely N-dealkylation sites (tertiary alicyclic amines) is 1. The molecule has 0 saturated carbocycles. The lowest BCUT2D eigenvalue weighted by Gasteiger charge is -2.40. The molecule has 2 heterocycles. The highest BCUT2D eigenvalue weighted by atomic mass is 35.5. The minimum absolute atomic E-state index is 0.00438. The maximum absolute atomic E-state index is 12.8. The van der Waals surface area contributed by atoms with Crippen molar-refractivity contribution >= 4 is 22.6 Å². The van der Waals surface area contributed by atoms with Gasteiger partial charge in [0, 0.05) is 29.7 Å². The summed E-state index contributed by atoms with van der Waals surface area (Å²) < 4.78 is 5.31. The standard InChI is InChI=1S/C21H20ClNO6/c1-23(28)7-6-12(14(23)10-24)19-15(25)8-16(26)20-17(27)9-18(29-21(19)20)11-4-2-3-5-13(11)22/h2-5,8-9,12,14,24-26H,6-7,10H2,1H3. The van der Waals surface area contributed by atoms with Crippen LogP contribution >= 0.6 is 11.6 Å². The highest BCUT2D eigenvalue weighted by molar-refractivity contribution is 6.33. The molecule has 29 heavy (non-hydrogen) atoms. The molecular weight excluding hydrogens is 398 g/mol. The Morgan fingerprint density at radius 1 is 1.24 bits per heavy atom. The maximum atomic E-state index is 12.8. The molecule has 3 N–H and O–H groups in total. The second-order valence-electron chi connectivity index (χ2n) is 7.53. The summed E-state index contributed by atoms with van der Waals surface area (Å²) in [7, 11) is 1.46. The molecule has 0 spiro atoms. The molecule has 152 valence electrons. The van der Waals surface area contributed by atoms with Crippen LogP contribution in [0.5, 0.6) is 11.5 Å². The van der Waals surface area contributed by atoms with Crippen LogP contribution in [0.3, 0.4) is 0 Å². The van der Waals surface area contributed by atoms with Crippen molar-refractivity contribution < 1.29 is 24.4 Å². The number of aromatic hydroxyl groups is 2. The van der Waals surface area contributed by atoms with Crippen molar-refractivity contribution in [3.8, 4) is 22.8 Å². The zero-order chi connectivity index (χ0) is 20.9. The van der Waals surface area contributed by atoms with Gasteiger partial charge in [-0.1, -0.05) is 23.7 Å². The predicted molar refractivity (Wildman–Crippen MR) is 109 cm³/mol. The maximum Gasteiger partial charge on any atom is 0.197 e. The van der Waals surface area contributed by atoms with Gasteiger partial charge in [-0.15, -0.1) is 0 Å². The molecule has 1 aromatic heterocycles. The Hall–Kier alpha value is -2.58. The van der Waals surface area contributed by atoms with Gasteiger partial charge in [-0.2, -0.15) is 0 Å². The Bertz CT molecular complexity index is 1160. The van der Waals surface area contributed by atoms with Crippen LogP contribution in [0.2, 0.25) is 5.02 Å². The Labute approximate surface area is 171 Å². The Kier molecular flexibility index (Phi) is 4.78. The van der Waals surface area contributed by atoms with Gasteiger partial charge in [0.05, 0.1) is 31.1 Å². The number of hydroxylamine groups is 3. The summed E-state index contributed by atoms with van der Waals surface area (Å²) in [6.07, 6.45) is 0.388. The first-order valence-electron chi connectivity index (χ1n) is 9.19. The molecule has 0 aliphatic carbocycles. The molecule has 3 atom stereocenters. The van der Waals surface area contributed by atoms with E-state index in [-0.39, 0.29) is 41.2 Å². The lowest BCUT2D eigenvalue weighted by molar-refractivity contribution is -0.874. The SMILES string of the molecule is C[N+]1([O-])CCC(c2c(O)cc(O)c3c(=O)cc(-c4ccccc4Cl)oc23)C1CO. The molecule has 8 heteroatoms. The zero-order valence-corrected chi connectivity index (χ0v) is 16.4. The summed E-state index contributed by atoms with van der Waals surface area (Å²) in [6, 6.07) is 8.40. The second-order valence-corrected chi connectivity index (χ2v) is 7.94. The number of likely N-dealkylation sites (N-methyl/N-ethyl adjacent to an activating group) is 1. The summed E-state index contributed by atoms with van der Waals surface area (Å²) in [5.41, 5.74) is 0.213. The fourth-order valence-corrected chi connectivity index (χ4v) is 4.47. The third kappa shape index (κ3) is 3.16. The molecule has 3 aromatic rings. The van der Waals surface area contributed by atoms with Crippen molar-refractivity contribution in [3.63, 3.8) is 0 Å². The molecule has 0 bridgehead atoms. The number of nitrogens with zero attached hydrogens (tertiary/aromatic N) is 1. The van der Waals surface area contributed by atoms with Crippen LogP contribution in [0.25, 0.3) is 22.3 Å². The summed E-state index contributed by atoms with van der Waals surface area (Å²) in [6.45, 7) is -0.146.